The number of hydrogen-bond donors (Lipinski definition) is 2. The first-order valence-corrected chi connectivity index (χ1v) is 4.90. The largest absolute Gasteiger partial charge is 0.396 e. The summed E-state index contributed by atoms with van der Waals surface area (Å²) in [6.45, 7) is 0.0203. The summed E-state index contributed by atoms with van der Waals surface area (Å²) in [6.07, 6.45) is 1.31. The Balaban J connectivity index is 2.42. The Morgan fingerprint density at radius 2 is 2.06 bits per heavy atom. The molecular weight excluding hydrogens is 225 g/mol. The van der Waals surface area contributed by atoms with Gasteiger partial charge in [-0.05, 0) is 6.07 Å². The molecule has 0 atom stereocenters. The van der Waals surface area contributed by atoms with Crippen LogP contribution < -0.4 is 17.0 Å². The molecule has 1 aromatic heterocycles. The molecule has 0 bridgehead atoms. The first-order valence-electron chi connectivity index (χ1n) is 4.90. The van der Waals surface area contributed by atoms with E-state index in [4.69, 9.17) is 5.73 Å². The second-order valence-corrected chi connectivity index (χ2v) is 3.56. The normalized spacial score (nSPS) is 10.4. The van der Waals surface area contributed by atoms with Crippen LogP contribution in [-0.4, -0.2) is 9.55 Å². The van der Waals surface area contributed by atoms with Gasteiger partial charge in [-0.25, -0.2) is 9.18 Å². The molecule has 0 aliphatic rings. The molecule has 0 aliphatic carbocycles. The van der Waals surface area contributed by atoms with Crippen molar-refractivity contribution in [3.05, 3.63) is 62.7 Å². The number of benzene rings is 1. The maximum atomic E-state index is 13.6. The Hall–Kier alpha value is -2.37. The van der Waals surface area contributed by atoms with E-state index in [9.17, 15) is 14.0 Å². The highest BCUT2D eigenvalue weighted by molar-refractivity contribution is 5.42. The van der Waals surface area contributed by atoms with Crippen molar-refractivity contribution in [2.24, 2.45) is 0 Å². The molecule has 2 rings (SSSR count). The number of aromatic nitrogens is 2. The van der Waals surface area contributed by atoms with Crippen LogP contribution in [0.4, 0.5) is 10.1 Å². The fourth-order valence-corrected chi connectivity index (χ4v) is 1.47. The third-order valence-electron chi connectivity index (χ3n) is 2.35. The van der Waals surface area contributed by atoms with Crippen LogP contribution in [0.3, 0.4) is 0 Å². The minimum absolute atomic E-state index is 0.0203. The Morgan fingerprint density at radius 1 is 1.29 bits per heavy atom. The van der Waals surface area contributed by atoms with Crippen LogP contribution in [0.25, 0.3) is 0 Å². The monoisotopic (exact) mass is 235 g/mol. The second kappa shape index (κ2) is 4.25. The standard InChI is InChI=1S/C11H10FN3O2/c12-10-7(2-1-3-8(10)13)6-15-5-4-9(16)14-11(15)17/h1-5H,6,13H2,(H,14,16,17). The van der Waals surface area contributed by atoms with Crippen LogP contribution in [-0.2, 0) is 6.54 Å². The van der Waals surface area contributed by atoms with Gasteiger partial charge in [-0.2, -0.15) is 0 Å². The van der Waals surface area contributed by atoms with Gasteiger partial charge in [0.05, 0.1) is 12.2 Å². The zero-order valence-corrected chi connectivity index (χ0v) is 8.81. The Bertz CT molecular complexity index is 660. The quantitative estimate of drug-likeness (QED) is 0.735. The molecule has 0 saturated carbocycles. The third-order valence-corrected chi connectivity index (χ3v) is 2.35. The maximum Gasteiger partial charge on any atom is 0.328 e. The third kappa shape index (κ3) is 2.25. The van der Waals surface area contributed by atoms with Crippen molar-refractivity contribution in [2.75, 3.05) is 5.73 Å². The smallest absolute Gasteiger partial charge is 0.328 e. The first-order chi connectivity index (χ1) is 8.08. The molecule has 0 saturated heterocycles. The van der Waals surface area contributed by atoms with Gasteiger partial charge in [0.15, 0.2) is 5.82 Å². The van der Waals surface area contributed by atoms with Gasteiger partial charge >= 0.3 is 5.69 Å². The number of H-pyrrole nitrogens is 1. The van der Waals surface area contributed by atoms with Crippen LogP contribution in [0, 0.1) is 5.82 Å². The van der Waals surface area contributed by atoms with Gasteiger partial charge in [-0.3, -0.25) is 14.3 Å². The van der Waals surface area contributed by atoms with Gasteiger partial charge in [0.25, 0.3) is 5.56 Å². The molecule has 6 heteroatoms. The van der Waals surface area contributed by atoms with Gasteiger partial charge in [0.1, 0.15) is 0 Å². The number of halogens is 1. The molecule has 0 spiro atoms. The lowest BCUT2D eigenvalue weighted by molar-refractivity contribution is 0.597. The van der Waals surface area contributed by atoms with Gasteiger partial charge in [0, 0.05) is 17.8 Å². The molecule has 0 fully saturated rings. The van der Waals surface area contributed by atoms with E-state index in [1.54, 1.807) is 6.07 Å². The van der Waals surface area contributed by atoms with E-state index < -0.39 is 17.1 Å². The molecule has 88 valence electrons. The number of rotatable bonds is 2. The minimum Gasteiger partial charge on any atom is -0.396 e. The SMILES string of the molecule is Nc1cccc(Cn2ccc(=O)[nH]c2=O)c1F. The summed E-state index contributed by atoms with van der Waals surface area (Å²) in [5.41, 5.74) is 4.66. The van der Waals surface area contributed by atoms with Crippen molar-refractivity contribution in [2.45, 2.75) is 6.54 Å². The van der Waals surface area contributed by atoms with Crippen molar-refractivity contribution in [3.8, 4) is 0 Å². The molecule has 1 aromatic carbocycles. The molecule has 0 amide bonds. The van der Waals surface area contributed by atoms with Crippen molar-refractivity contribution in [1.29, 1.82) is 0 Å². The number of nitrogens with two attached hydrogens (primary N) is 1. The molecule has 17 heavy (non-hydrogen) atoms. The predicted molar refractivity (Wildman–Crippen MR) is 61.2 cm³/mol. The Kier molecular flexibility index (Phi) is 2.78. The summed E-state index contributed by atoms with van der Waals surface area (Å²) in [4.78, 5) is 24.3. The Morgan fingerprint density at radius 3 is 2.76 bits per heavy atom. The van der Waals surface area contributed by atoms with Crippen LogP contribution in [0.15, 0.2) is 40.1 Å². The lowest BCUT2D eigenvalue weighted by Crippen LogP contribution is -2.29. The highest BCUT2D eigenvalue weighted by Gasteiger charge is 2.06. The average Bonchev–Trinajstić information content (AvgIpc) is 2.28. The number of hydrogen-bond acceptors (Lipinski definition) is 3. The van der Waals surface area contributed by atoms with Gasteiger partial charge in [-0.15, -0.1) is 0 Å². The van der Waals surface area contributed by atoms with Crippen LogP contribution in [0.2, 0.25) is 0 Å². The van der Waals surface area contributed by atoms with Crippen LogP contribution >= 0.6 is 0 Å². The molecule has 1 heterocycles. The van der Waals surface area contributed by atoms with E-state index in [-0.39, 0.29) is 12.2 Å². The maximum absolute atomic E-state index is 13.6. The van der Waals surface area contributed by atoms with Gasteiger partial charge in [0.2, 0.25) is 0 Å². The minimum atomic E-state index is -0.584. The van der Waals surface area contributed by atoms with E-state index >= 15 is 0 Å². The zero-order valence-electron chi connectivity index (χ0n) is 8.81. The molecule has 0 aliphatic heterocycles. The molecule has 0 unspecified atom stereocenters. The number of nitrogen functional groups attached to an aromatic ring is 1. The number of aromatic amines is 1. The topological polar surface area (TPSA) is 80.9 Å². The van der Waals surface area contributed by atoms with Gasteiger partial charge in [-0.1, -0.05) is 12.1 Å². The van der Waals surface area contributed by atoms with Crippen LogP contribution in [0.1, 0.15) is 5.56 Å². The summed E-state index contributed by atoms with van der Waals surface area (Å²) in [5, 5.41) is 0. The lowest BCUT2D eigenvalue weighted by atomic mass is 10.2. The van der Waals surface area contributed by atoms with Crippen molar-refractivity contribution >= 4 is 5.69 Å². The summed E-state index contributed by atoms with van der Waals surface area (Å²) in [7, 11) is 0. The predicted octanol–water partition coefficient (Wildman–Crippen LogP) is 0.306. The fourth-order valence-electron chi connectivity index (χ4n) is 1.47. The number of nitrogens with zero attached hydrogens (tertiary/aromatic N) is 1. The fraction of sp³-hybridized carbons (Fsp3) is 0.0909. The van der Waals surface area contributed by atoms with E-state index in [1.807, 2.05) is 0 Å². The van der Waals surface area contributed by atoms with E-state index in [0.717, 1.165) is 0 Å². The average molecular weight is 235 g/mol. The van der Waals surface area contributed by atoms with E-state index in [0.29, 0.717) is 5.56 Å². The second-order valence-electron chi connectivity index (χ2n) is 3.56. The van der Waals surface area contributed by atoms with Crippen molar-refractivity contribution < 1.29 is 4.39 Å². The van der Waals surface area contributed by atoms with E-state index in [2.05, 4.69) is 4.98 Å². The lowest BCUT2D eigenvalue weighted by Gasteiger charge is -2.07. The molecule has 5 nitrogen and oxygen atoms in total. The summed E-state index contributed by atoms with van der Waals surface area (Å²) in [6, 6.07) is 5.77. The van der Waals surface area contributed by atoms with Crippen molar-refractivity contribution in [3.63, 3.8) is 0 Å². The summed E-state index contributed by atoms with van der Waals surface area (Å²) >= 11 is 0. The van der Waals surface area contributed by atoms with Gasteiger partial charge < -0.3 is 5.73 Å². The highest BCUT2D eigenvalue weighted by atomic mass is 19.1. The number of anilines is 1. The number of nitrogens with one attached hydrogen (secondary N) is 1. The highest BCUT2D eigenvalue weighted by Crippen LogP contribution is 2.14. The van der Waals surface area contributed by atoms with Crippen molar-refractivity contribution in [1.82, 2.24) is 9.55 Å². The van der Waals surface area contributed by atoms with Crippen LogP contribution in [0.5, 0.6) is 0 Å². The summed E-state index contributed by atoms with van der Waals surface area (Å²) in [5.74, 6) is -0.550. The zero-order chi connectivity index (χ0) is 12.4. The molecule has 2 aromatic rings. The molecular formula is C11H10FN3O2. The molecule has 0 radical (unpaired) electrons. The van der Waals surface area contributed by atoms with E-state index in [1.165, 1.54) is 29.0 Å². The summed E-state index contributed by atoms with van der Waals surface area (Å²) < 4.78 is 14.8. The Labute approximate surface area is 95.3 Å². The molecule has 3 N–H and O–H groups in total. The first kappa shape index (κ1) is 11.1.